The zero-order chi connectivity index (χ0) is 14.9. The van der Waals surface area contributed by atoms with Crippen LogP contribution in [0.3, 0.4) is 0 Å². The molecular weight excluding hydrogens is 276 g/mol. The van der Waals surface area contributed by atoms with Crippen LogP contribution in [0.15, 0.2) is 18.2 Å². The maximum Gasteiger partial charge on any atom is 0.162 e. The molecule has 1 atom stereocenters. The van der Waals surface area contributed by atoms with Gasteiger partial charge in [0.25, 0.3) is 0 Å². The summed E-state index contributed by atoms with van der Waals surface area (Å²) in [4.78, 5) is 0. The molecular formula is C16H23F2NO2. The Morgan fingerprint density at radius 2 is 2.00 bits per heavy atom. The summed E-state index contributed by atoms with van der Waals surface area (Å²) in [5.74, 6) is -1.40. The third-order valence-electron chi connectivity index (χ3n) is 3.62. The molecule has 1 aromatic carbocycles. The SMILES string of the molecule is Fc1ccc(OCCCOCCC2CCCCN2)cc1F. The lowest BCUT2D eigenvalue weighted by molar-refractivity contribution is 0.108. The van der Waals surface area contributed by atoms with Gasteiger partial charge in [0, 0.05) is 31.7 Å². The Balaban J connectivity index is 1.48. The number of halogens is 2. The molecule has 1 saturated heterocycles. The molecule has 0 saturated carbocycles. The van der Waals surface area contributed by atoms with E-state index in [4.69, 9.17) is 9.47 Å². The van der Waals surface area contributed by atoms with Crippen LogP contribution in [0.2, 0.25) is 0 Å². The fourth-order valence-corrected chi connectivity index (χ4v) is 2.42. The standard InChI is InChI=1S/C16H23F2NO2/c17-15-6-5-14(12-16(15)18)21-10-3-9-20-11-7-13-4-1-2-8-19-13/h5-6,12-13,19H,1-4,7-11H2. The fourth-order valence-electron chi connectivity index (χ4n) is 2.42. The molecule has 1 fully saturated rings. The van der Waals surface area contributed by atoms with Crippen LogP contribution >= 0.6 is 0 Å². The van der Waals surface area contributed by atoms with Crippen molar-refractivity contribution in [2.24, 2.45) is 0 Å². The van der Waals surface area contributed by atoms with Gasteiger partial charge in [-0.15, -0.1) is 0 Å². The molecule has 0 spiro atoms. The molecule has 0 bridgehead atoms. The van der Waals surface area contributed by atoms with Crippen LogP contribution in [-0.4, -0.2) is 32.4 Å². The van der Waals surface area contributed by atoms with Crippen molar-refractivity contribution in [2.75, 3.05) is 26.4 Å². The Labute approximate surface area is 124 Å². The highest BCUT2D eigenvalue weighted by Gasteiger charge is 2.11. The van der Waals surface area contributed by atoms with Crippen molar-refractivity contribution in [3.63, 3.8) is 0 Å². The van der Waals surface area contributed by atoms with Crippen molar-refractivity contribution >= 4 is 0 Å². The van der Waals surface area contributed by atoms with E-state index in [2.05, 4.69) is 5.32 Å². The minimum atomic E-state index is -0.885. The van der Waals surface area contributed by atoms with E-state index >= 15 is 0 Å². The lowest BCUT2D eigenvalue weighted by Gasteiger charge is -2.23. The second-order valence-electron chi connectivity index (χ2n) is 5.33. The first kappa shape index (κ1) is 16.2. The Bertz CT molecular complexity index is 423. The summed E-state index contributed by atoms with van der Waals surface area (Å²) in [6.07, 6.45) is 5.60. The van der Waals surface area contributed by atoms with E-state index in [-0.39, 0.29) is 0 Å². The van der Waals surface area contributed by atoms with Gasteiger partial charge in [-0.3, -0.25) is 0 Å². The summed E-state index contributed by atoms with van der Waals surface area (Å²) in [6, 6.07) is 4.15. The van der Waals surface area contributed by atoms with Crippen molar-refractivity contribution in [3.8, 4) is 5.75 Å². The van der Waals surface area contributed by atoms with E-state index in [0.717, 1.165) is 38.1 Å². The molecule has 0 aromatic heterocycles. The molecule has 1 aromatic rings. The zero-order valence-electron chi connectivity index (χ0n) is 12.2. The predicted molar refractivity (Wildman–Crippen MR) is 77.5 cm³/mol. The molecule has 1 heterocycles. The summed E-state index contributed by atoms with van der Waals surface area (Å²) in [7, 11) is 0. The van der Waals surface area contributed by atoms with Crippen molar-refractivity contribution < 1.29 is 18.3 Å². The molecule has 0 radical (unpaired) electrons. The van der Waals surface area contributed by atoms with Crippen LogP contribution in [-0.2, 0) is 4.74 Å². The minimum absolute atomic E-state index is 0.348. The van der Waals surface area contributed by atoms with Crippen LogP contribution in [0.4, 0.5) is 8.78 Å². The van der Waals surface area contributed by atoms with E-state index < -0.39 is 11.6 Å². The summed E-state index contributed by atoms with van der Waals surface area (Å²) in [5.41, 5.74) is 0. The van der Waals surface area contributed by atoms with Gasteiger partial charge in [0.15, 0.2) is 11.6 Å². The number of piperidine rings is 1. The van der Waals surface area contributed by atoms with Crippen LogP contribution in [0.25, 0.3) is 0 Å². The maximum atomic E-state index is 12.9. The van der Waals surface area contributed by atoms with Crippen LogP contribution in [0.5, 0.6) is 5.75 Å². The normalized spacial score (nSPS) is 18.7. The van der Waals surface area contributed by atoms with Gasteiger partial charge in [-0.1, -0.05) is 6.42 Å². The fraction of sp³-hybridized carbons (Fsp3) is 0.625. The largest absolute Gasteiger partial charge is 0.493 e. The molecule has 1 unspecified atom stereocenters. The smallest absolute Gasteiger partial charge is 0.162 e. The molecule has 3 nitrogen and oxygen atoms in total. The Morgan fingerprint density at radius 1 is 1.10 bits per heavy atom. The first-order valence-corrected chi connectivity index (χ1v) is 7.64. The van der Waals surface area contributed by atoms with E-state index in [1.807, 2.05) is 0 Å². The molecule has 21 heavy (non-hydrogen) atoms. The third kappa shape index (κ3) is 5.98. The van der Waals surface area contributed by atoms with Crippen molar-refractivity contribution in [1.29, 1.82) is 0 Å². The summed E-state index contributed by atoms with van der Waals surface area (Å²) in [5, 5.41) is 3.48. The van der Waals surface area contributed by atoms with Crippen molar-refractivity contribution in [3.05, 3.63) is 29.8 Å². The highest BCUT2D eigenvalue weighted by molar-refractivity contribution is 5.23. The highest BCUT2D eigenvalue weighted by Crippen LogP contribution is 2.15. The highest BCUT2D eigenvalue weighted by atomic mass is 19.2. The molecule has 0 amide bonds. The summed E-state index contributed by atoms with van der Waals surface area (Å²) in [6.45, 7) is 2.93. The molecule has 118 valence electrons. The summed E-state index contributed by atoms with van der Waals surface area (Å²) >= 11 is 0. The lowest BCUT2D eigenvalue weighted by atomic mass is 10.0. The second-order valence-corrected chi connectivity index (χ2v) is 5.33. The molecule has 1 aliphatic rings. The first-order chi connectivity index (χ1) is 10.3. The van der Waals surface area contributed by atoms with Gasteiger partial charge in [0.05, 0.1) is 6.61 Å². The number of hydrogen-bond acceptors (Lipinski definition) is 3. The minimum Gasteiger partial charge on any atom is -0.493 e. The first-order valence-electron chi connectivity index (χ1n) is 7.64. The van der Waals surface area contributed by atoms with Gasteiger partial charge in [-0.25, -0.2) is 8.78 Å². The van der Waals surface area contributed by atoms with Gasteiger partial charge in [-0.05, 0) is 37.9 Å². The van der Waals surface area contributed by atoms with E-state index in [1.54, 1.807) is 0 Å². The molecule has 1 aliphatic heterocycles. The average molecular weight is 299 g/mol. The van der Waals surface area contributed by atoms with Crippen molar-refractivity contribution in [1.82, 2.24) is 5.32 Å². The second kappa shape index (κ2) is 8.95. The van der Waals surface area contributed by atoms with Gasteiger partial charge in [-0.2, -0.15) is 0 Å². The van der Waals surface area contributed by atoms with Crippen molar-refractivity contribution in [2.45, 2.75) is 38.1 Å². The number of benzene rings is 1. The Kier molecular flexibility index (Phi) is 6.89. The monoisotopic (exact) mass is 299 g/mol. The third-order valence-corrected chi connectivity index (χ3v) is 3.62. The molecule has 0 aliphatic carbocycles. The van der Waals surface area contributed by atoms with Gasteiger partial charge in [0.1, 0.15) is 5.75 Å². The predicted octanol–water partition coefficient (Wildman–Crippen LogP) is 3.28. The van der Waals surface area contributed by atoms with E-state index in [1.165, 1.54) is 25.3 Å². The van der Waals surface area contributed by atoms with Crippen LogP contribution in [0, 0.1) is 11.6 Å². The number of ether oxygens (including phenoxy) is 2. The quantitative estimate of drug-likeness (QED) is 0.747. The van der Waals surface area contributed by atoms with Crippen LogP contribution < -0.4 is 10.1 Å². The van der Waals surface area contributed by atoms with Gasteiger partial charge >= 0.3 is 0 Å². The number of hydrogen-bond donors (Lipinski definition) is 1. The molecule has 5 heteroatoms. The topological polar surface area (TPSA) is 30.5 Å². The zero-order valence-corrected chi connectivity index (χ0v) is 12.2. The van der Waals surface area contributed by atoms with E-state index in [0.29, 0.717) is 25.0 Å². The molecule has 2 rings (SSSR count). The molecule has 1 N–H and O–H groups in total. The van der Waals surface area contributed by atoms with Gasteiger partial charge in [0.2, 0.25) is 0 Å². The number of rotatable bonds is 8. The Hall–Kier alpha value is -1.20. The van der Waals surface area contributed by atoms with E-state index in [9.17, 15) is 8.78 Å². The average Bonchev–Trinajstić information content (AvgIpc) is 2.51. The Morgan fingerprint density at radius 3 is 2.76 bits per heavy atom. The lowest BCUT2D eigenvalue weighted by Crippen LogP contribution is -2.34. The summed E-state index contributed by atoms with van der Waals surface area (Å²) < 4.78 is 36.6. The van der Waals surface area contributed by atoms with Gasteiger partial charge < -0.3 is 14.8 Å². The van der Waals surface area contributed by atoms with Crippen LogP contribution in [0.1, 0.15) is 32.1 Å². The maximum absolute atomic E-state index is 12.9. The number of nitrogens with one attached hydrogen (secondary N) is 1.